The van der Waals surface area contributed by atoms with Gasteiger partial charge in [0.05, 0.1) is 13.0 Å². The molecule has 0 aliphatic carbocycles. The molecule has 0 saturated carbocycles. The van der Waals surface area contributed by atoms with Crippen LogP contribution in [0.3, 0.4) is 0 Å². The molecule has 0 aromatic heterocycles. The Balaban J connectivity index is 1.52. The van der Waals surface area contributed by atoms with Crippen LogP contribution in [0.15, 0.2) is 53.5 Å². The molecule has 0 bridgehead atoms. The number of nitrogens with zero attached hydrogens (tertiary/aromatic N) is 2. The third-order valence-corrected chi connectivity index (χ3v) is 4.45. The molecule has 2 N–H and O–H groups in total. The Labute approximate surface area is 159 Å². The lowest BCUT2D eigenvalue weighted by Gasteiger charge is -2.22. The van der Waals surface area contributed by atoms with Gasteiger partial charge in [-0.15, -0.1) is 0 Å². The van der Waals surface area contributed by atoms with E-state index in [1.54, 1.807) is 12.1 Å². The number of rotatable bonds is 6. The maximum atomic E-state index is 12.9. The topological polar surface area (TPSA) is 56.7 Å². The van der Waals surface area contributed by atoms with Crippen molar-refractivity contribution >= 4 is 17.6 Å². The highest BCUT2D eigenvalue weighted by atomic mass is 19.1. The van der Waals surface area contributed by atoms with Crippen LogP contribution in [0.2, 0.25) is 0 Å². The van der Waals surface area contributed by atoms with Crippen LogP contribution >= 0.6 is 0 Å². The molecule has 142 valence electrons. The number of nitrogens with one attached hydrogen (secondary N) is 2. The first-order valence-electron chi connectivity index (χ1n) is 9.32. The van der Waals surface area contributed by atoms with Crippen LogP contribution in [0.25, 0.3) is 0 Å². The summed E-state index contributed by atoms with van der Waals surface area (Å²) < 4.78 is 12.9. The van der Waals surface area contributed by atoms with E-state index in [1.165, 1.54) is 23.4 Å². The zero-order valence-corrected chi connectivity index (χ0v) is 15.5. The van der Waals surface area contributed by atoms with E-state index in [0.29, 0.717) is 13.1 Å². The number of halogens is 1. The SMILES string of the molecule is CCNC(=NCCNC(=O)Cc1ccc(F)cc1)N1CCc2ccccc21. The van der Waals surface area contributed by atoms with Crippen molar-refractivity contribution in [3.8, 4) is 0 Å². The van der Waals surface area contributed by atoms with Gasteiger partial charge in [0.25, 0.3) is 0 Å². The average molecular weight is 368 g/mol. The number of fused-ring (bicyclic) bond motifs is 1. The van der Waals surface area contributed by atoms with Crippen molar-refractivity contribution in [3.63, 3.8) is 0 Å². The molecule has 2 aromatic carbocycles. The van der Waals surface area contributed by atoms with Crippen LogP contribution in [0.1, 0.15) is 18.1 Å². The summed E-state index contributed by atoms with van der Waals surface area (Å²) in [5, 5.41) is 6.19. The molecule has 0 spiro atoms. The van der Waals surface area contributed by atoms with Crippen LogP contribution in [0, 0.1) is 5.82 Å². The first-order valence-corrected chi connectivity index (χ1v) is 9.32. The van der Waals surface area contributed by atoms with E-state index in [0.717, 1.165) is 31.0 Å². The van der Waals surface area contributed by atoms with Gasteiger partial charge < -0.3 is 15.5 Å². The molecular weight excluding hydrogens is 343 g/mol. The van der Waals surface area contributed by atoms with Crippen LogP contribution in [0.5, 0.6) is 0 Å². The van der Waals surface area contributed by atoms with E-state index in [1.807, 2.05) is 13.0 Å². The second-order valence-corrected chi connectivity index (χ2v) is 6.42. The minimum Gasteiger partial charge on any atom is -0.356 e. The van der Waals surface area contributed by atoms with Gasteiger partial charge in [0, 0.05) is 25.3 Å². The number of hydrogen-bond acceptors (Lipinski definition) is 2. The number of anilines is 1. The fraction of sp³-hybridized carbons (Fsp3) is 0.333. The first kappa shape index (κ1) is 18.9. The molecule has 1 heterocycles. The number of aliphatic imine (C=N–C) groups is 1. The van der Waals surface area contributed by atoms with E-state index in [4.69, 9.17) is 0 Å². The van der Waals surface area contributed by atoms with Gasteiger partial charge >= 0.3 is 0 Å². The molecular formula is C21H25FN4O. The molecule has 5 nitrogen and oxygen atoms in total. The number of carbonyl (C=O) groups excluding carboxylic acids is 1. The minimum absolute atomic E-state index is 0.0895. The molecule has 0 unspecified atom stereocenters. The molecule has 6 heteroatoms. The number of guanidine groups is 1. The van der Waals surface area contributed by atoms with Crippen LogP contribution in [0.4, 0.5) is 10.1 Å². The highest BCUT2D eigenvalue weighted by Gasteiger charge is 2.22. The van der Waals surface area contributed by atoms with Crippen LogP contribution < -0.4 is 15.5 Å². The van der Waals surface area contributed by atoms with Crippen molar-refractivity contribution in [3.05, 3.63) is 65.5 Å². The summed E-state index contributed by atoms with van der Waals surface area (Å²) in [7, 11) is 0. The zero-order chi connectivity index (χ0) is 19.1. The van der Waals surface area contributed by atoms with E-state index < -0.39 is 0 Å². The van der Waals surface area contributed by atoms with Gasteiger partial charge in [-0.3, -0.25) is 9.79 Å². The van der Waals surface area contributed by atoms with Crippen molar-refractivity contribution in [2.45, 2.75) is 19.8 Å². The number of amides is 1. The summed E-state index contributed by atoms with van der Waals surface area (Å²) in [6, 6.07) is 14.3. The summed E-state index contributed by atoms with van der Waals surface area (Å²) in [6.07, 6.45) is 1.25. The lowest BCUT2D eigenvalue weighted by atomic mass is 10.1. The fourth-order valence-electron chi connectivity index (χ4n) is 3.16. The van der Waals surface area contributed by atoms with Gasteiger partial charge in [-0.25, -0.2) is 4.39 Å². The maximum Gasteiger partial charge on any atom is 0.224 e. The molecule has 0 fully saturated rings. The largest absolute Gasteiger partial charge is 0.356 e. The Morgan fingerprint density at radius 1 is 1.15 bits per heavy atom. The van der Waals surface area contributed by atoms with Gasteiger partial charge in [-0.2, -0.15) is 0 Å². The normalized spacial score (nSPS) is 13.4. The molecule has 0 saturated heterocycles. The van der Waals surface area contributed by atoms with Gasteiger partial charge in [0.2, 0.25) is 5.91 Å². The zero-order valence-electron chi connectivity index (χ0n) is 15.5. The average Bonchev–Trinajstić information content (AvgIpc) is 3.10. The van der Waals surface area contributed by atoms with Crippen molar-refractivity contribution in [2.24, 2.45) is 4.99 Å². The Morgan fingerprint density at radius 3 is 2.70 bits per heavy atom. The van der Waals surface area contributed by atoms with E-state index >= 15 is 0 Å². The van der Waals surface area contributed by atoms with Gasteiger partial charge in [0.1, 0.15) is 5.82 Å². The summed E-state index contributed by atoms with van der Waals surface area (Å²) in [4.78, 5) is 18.9. The number of hydrogen-bond donors (Lipinski definition) is 2. The van der Waals surface area contributed by atoms with Gasteiger partial charge in [-0.05, 0) is 42.7 Å². The quantitative estimate of drug-likeness (QED) is 0.468. The molecule has 0 radical (unpaired) electrons. The molecule has 2 aromatic rings. The first-order chi connectivity index (χ1) is 13.2. The smallest absolute Gasteiger partial charge is 0.224 e. The monoisotopic (exact) mass is 368 g/mol. The van der Waals surface area contributed by atoms with Crippen molar-refractivity contribution in [2.75, 3.05) is 31.1 Å². The lowest BCUT2D eigenvalue weighted by molar-refractivity contribution is -0.120. The molecule has 1 amide bonds. The van der Waals surface area contributed by atoms with Crippen molar-refractivity contribution < 1.29 is 9.18 Å². The second-order valence-electron chi connectivity index (χ2n) is 6.42. The predicted octanol–water partition coefficient (Wildman–Crippen LogP) is 2.51. The van der Waals surface area contributed by atoms with E-state index in [-0.39, 0.29) is 18.1 Å². The standard InChI is InChI=1S/C21H25FN4O/c1-2-23-21(26-14-11-17-5-3-4-6-19(17)26)25-13-12-24-20(27)15-16-7-9-18(22)10-8-16/h3-10H,2,11-15H2,1H3,(H,23,25)(H,24,27). The maximum absolute atomic E-state index is 12.9. The van der Waals surface area contributed by atoms with Gasteiger partial charge in [0.15, 0.2) is 5.96 Å². The highest BCUT2D eigenvalue weighted by Crippen LogP contribution is 2.27. The Kier molecular flexibility index (Phi) is 6.41. The minimum atomic E-state index is -0.298. The van der Waals surface area contributed by atoms with Crippen molar-refractivity contribution in [1.82, 2.24) is 10.6 Å². The molecule has 3 rings (SSSR count). The third kappa shape index (κ3) is 5.06. The number of benzene rings is 2. The number of carbonyl (C=O) groups is 1. The van der Waals surface area contributed by atoms with E-state index in [9.17, 15) is 9.18 Å². The summed E-state index contributed by atoms with van der Waals surface area (Å²) >= 11 is 0. The Bertz CT molecular complexity index is 804. The Morgan fingerprint density at radius 2 is 1.93 bits per heavy atom. The fourth-order valence-corrected chi connectivity index (χ4v) is 3.16. The third-order valence-electron chi connectivity index (χ3n) is 4.45. The second kappa shape index (κ2) is 9.16. The number of para-hydroxylation sites is 1. The van der Waals surface area contributed by atoms with Crippen LogP contribution in [-0.4, -0.2) is 38.0 Å². The predicted molar refractivity (Wildman–Crippen MR) is 107 cm³/mol. The molecule has 27 heavy (non-hydrogen) atoms. The summed E-state index contributed by atoms with van der Waals surface area (Å²) in [5.41, 5.74) is 3.31. The summed E-state index contributed by atoms with van der Waals surface area (Å²) in [5.74, 6) is 0.455. The molecule has 0 atom stereocenters. The van der Waals surface area contributed by atoms with E-state index in [2.05, 4.69) is 38.7 Å². The summed E-state index contributed by atoms with van der Waals surface area (Å²) in [6.45, 7) is 4.69. The van der Waals surface area contributed by atoms with Crippen molar-refractivity contribution in [1.29, 1.82) is 0 Å². The van der Waals surface area contributed by atoms with Gasteiger partial charge in [-0.1, -0.05) is 30.3 Å². The Hall–Kier alpha value is -2.89. The molecule has 1 aliphatic heterocycles. The lowest BCUT2D eigenvalue weighted by Crippen LogP contribution is -2.41. The van der Waals surface area contributed by atoms with Crippen LogP contribution in [-0.2, 0) is 17.6 Å². The molecule has 1 aliphatic rings. The highest BCUT2D eigenvalue weighted by molar-refractivity contribution is 5.98.